The molecule has 0 saturated carbocycles. The molecule has 0 spiro atoms. The van der Waals surface area contributed by atoms with E-state index in [2.05, 4.69) is 28.7 Å². The summed E-state index contributed by atoms with van der Waals surface area (Å²) in [5.41, 5.74) is 0. The van der Waals surface area contributed by atoms with Crippen LogP contribution in [0.5, 0.6) is 0 Å². The third-order valence-electron chi connectivity index (χ3n) is 5.17. The molecule has 0 aromatic rings. The lowest BCUT2D eigenvalue weighted by Gasteiger charge is -2.34. The summed E-state index contributed by atoms with van der Waals surface area (Å²) in [6.07, 6.45) is 2.48. The van der Waals surface area contributed by atoms with Crippen LogP contribution in [0.3, 0.4) is 0 Å². The number of hydrogen-bond donors (Lipinski definition) is 1. The molecule has 2 atom stereocenters. The van der Waals surface area contributed by atoms with E-state index >= 15 is 0 Å². The normalized spacial score (nSPS) is 25.3. The van der Waals surface area contributed by atoms with Gasteiger partial charge in [0.15, 0.2) is 0 Å². The summed E-state index contributed by atoms with van der Waals surface area (Å²) >= 11 is 0. The van der Waals surface area contributed by atoms with E-state index in [4.69, 9.17) is 0 Å². The van der Waals surface area contributed by atoms with Gasteiger partial charge in [0, 0.05) is 64.8 Å². The minimum atomic E-state index is -0.343. The molecule has 2 saturated heterocycles. The smallest absolute Gasteiger partial charge is 0.224 e. The standard InChI is InChI=1S/C17H34N4O2/c1-15-5-4-7-21(15)17(23)6-8-19(3)13-16(22)14-20-11-9-18(2)10-12-20/h15-16,22H,4-14H2,1-3H3. The number of likely N-dealkylation sites (tertiary alicyclic amines) is 1. The lowest BCUT2D eigenvalue weighted by Crippen LogP contribution is -2.48. The molecule has 2 rings (SSSR count). The van der Waals surface area contributed by atoms with Crippen molar-refractivity contribution in [3.63, 3.8) is 0 Å². The fourth-order valence-electron chi connectivity index (χ4n) is 3.57. The van der Waals surface area contributed by atoms with Crippen LogP contribution in [0.1, 0.15) is 26.2 Å². The van der Waals surface area contributed by atoms with Crippen LogP contribution < -0.4 is 0 Å². The largest absolute Gasteiger partial charge is 0.390 e. The zero-order chi connectivity index (χ0) is 16.8. The molecule has 2 unspecified atom stereocenters. The fourth-order valence-corrected chi connectivity index (χ4v) is 3.57. The Kier molecular flexibility index (Phi) is 7.27. The molecule has 2 fully saturated rings. The van der Waals surface area contributed by atoms with Crippen LogP contribution in [0.4, 0.5) is 0 Å². The van der Waals surface area contributed by atoms with E-state index in [0.29, 0.717) is 19.0 Å². The van der Waals surface area contributed by atoms with E-state index < -0.39 is 0 Å². The Labute approximate surface area is 141 Å². The first-order valence-corrected chi connectivity index (χ1v) is 9.02. The number of hydrogen-bond acceptors (Lipinski definition) is 5. The topological polar surface area (TPSA) is 50.3 Å². The number of nitrogens with zero attached hydrogens (tertiary/aromatic N) is 4. The van der Waals surface area contributed by atoms with E-state index in [1.807, 2.05) is 11.9 Å². The van der Waals surface area contributed by atoms with E-state index in [1.165, 1.54) is 0 Å². The fraction of sp³-hybridized carbons (Fsp3) is 0.941. The summed E-state index contributed by atoms with van der Waals surface area (Å²) in [6, 6.07) is 0.399. The highest BCUT2D eigenvalue weighted by atomic mass is 16.3. The van der Waals surface area contributed by atoms with Gasteiger partial charge in [-0.1, -0.05) is 0 Å². The maximum atomic E-state index is 12.2. The first-order chi connectivity index (χ1) is 11.0. The molecule has 0 aliphatic carbocycles. The molecule has 0 aromatic heterocycles. The van der Waals surface area contributed by atoms with Gasteiger partial charge in [0.05, 0.1) is 6.10 Å². The van der Waals surface area contributed by atoms with E-state index in [0.717, 1.165) is 58.7 Å². The maximum absolute atomic E-state index is 12.2. The summed E-state index contributed by atoms with van der Waals surface area (Å²) in [5.74, 6) is 0.260. The van der Waals surface area contributed by atoms with Crippen molar-refractivity contribution in [2.75, 3.05) is 66.5 Å². The van der Waals surface area contributed by atoms with Crippen LogP contribution in [0.25, 0.3) is 0 Å². The van der Waals surface area contributed by atoms with Crippen molar-refractivity contribution >= 4 is 5.91 Å². The second kappa shape index (κ2) is 8.97. The second-order valence-electron chi connectivity index (χ2n) is 7.35. The van der Waals surface area contributed by atoms with Crippen LogP contribution in [-0.4, -0.2) is 109 Å². The number of likely N-dealkylation sites (N-methyl/N-ethyl adjacent to an activating group) is 2. The third-order valence-corrected chi connectivity index (χ3v) is 5.17. The Morgan fingerprint density at radius 3 is 2.57 bits per heavy atom. The first kappa shape index (κ1) is 18.6. The molecule has 1 N–H and O–H groups in total. The molecule has 2 aliphatic rings. The molecule has 1 amide bonds. The van der Waals surface area contributed by atoms with Crippen LogP contribution in [0, 0.1) is 0 Å². The van der Waals surface area contributed by atoms with Gasteiger partial charge in [-0.2, -0.15) is 0 Å². The van der Waals surface area contributed by atoms with E-state index in [9.17, 15) is 9.90 Å². The number of carbonyl (C=O) groups excluding carboxylic acids is 1. The van der Waals surface area contributed by atoms with Crippen molar-refractivity contribution in [2.24, 2.45) is 0 Å². The number of β-amino-alcohol motifs (C(OH)–C–C–N with tert-alkyl or cyclic N) is 1. The molecule has 0 bridgehead atoms. The van der Waals surface area contributed by atoms with E-state index in [-0.39, 0.29) is 12.0 Å². The minimum Gasteiger partial charge on any atom is -0.390 e. The Balaban J connectivity index is 1.62. The number of piperazine rings is 1. The Bertz CT molecular complexity index is 372. The number of aliphatic hydroxyl groups excluding tert-OH is 1. The minimum absolute atomic E-state index is 0.260. The average Bonchev–Trinajstić information content (AvgIpc) is 2.93. The van der Waals surface area contributed by atoms with Gasteiger partial charge in [-0.05, 0) is 33.9 Å². The van der Waals surface area contributed by atoms with Crippen molar-refractivity contribution in [2.45, 2.75) is 38.3 Å². The van der Waals surface area contributed by atoms with Crippen LogP contribution in [0.15, 0.2) is 0 Å². The summed E-state index contributed by atoms with van der Waals surface area (Å²) in [4.78, 5) is 21.0. The Hall–Kier alpha value is -0.690. The molecule has 0 radical (unpaired) electrons. The molecular weight excluding hydrogens is 292 g/mol. The molecule has 6 heteroatoms. The van der Waals surface area contributed by atoms with Gasteiger partial charge in [-0.25, -0.2) is 0 Å². The van der Waals surface area contributed by atoms with E-state index in [1.54, 1.807) is 0 Å². The monoisotopic (exact) mass is 326 g/mol. The summed E-state index contributed by atoms with van der Waals surface area (Å²) in [7, 11) is 4.13. The number of aliphatic hydroxyl groups is 1. The molecule has 2 aliphatic heterocycles. The third kappa shape index (κ3) is 6.03. The molecule has 134 valence electrons. The van der Waals surface area contributed by atoms with Crippen LogP contribution >= 0.6 is 0 Å². The molecule has 6 nitrogen and oxygen atoms in total. The highest BCUT2D eigenvalue weighted by Crippen LogP contribution is 2.17. The Morgan fingerprint density at radius 1 is 1.26 bits per heavy atom. The predicted octanol–water partition coefficient (Wildman–Crippen LogP) is -0.0725. The van der Waals surface area contributed by atoms with Gasteiger partial charge < -0.3 is 19.8 Å². The average molecular weight is 326 g/mol. The first-order valence-electron chi connectivity index (χ1n) is 9.02. The zero-order valence-corrected chi connectivity index (χ0v) is 15.1. The lowest BCUT2D eigenvalue weighted by atomic mass is 10.2. The molecule has 23 heavy (non-hydrogen) atoms. The maximum Gasteiger partial charge on any atom is 0.224 e. The van der Waals surface area contributed by atoms with Crippen molar-refractivity contribution in [3.05, 3.63) is 0 Å². The predicted molar refractivity (Wildman–Crippen MR) is 92.5 cm³/mol. The van der Waals surface area contributed by atoms with Gasteiger partial charge in [0.1, 0.15) is 0 Å². The number of carbonyl (C=O) groups is 1. The van der Waals surface area contributed by atoms with Crippen molar-refractivity contribution < 1.29 is 9.90 Å². The number of rotatable bonds is 7. The molecular formula is C17H34N4O2. The Morgan fingerprint density at radius 2 is 1.96 bits per heavy atom. The lowest BCUT2D eigenvalue weighted by molar-refractivity contribution is -0.132. The van der Waals surface area contributed by atoms with Crippen molar-refractivity contribution in [3.8, 4) is 0 Å². The van der Waals surface area contributed by atoms with Gasteiger partial charge in [-0.15, -0.1) is 0 Å². The van der Waals surface area contributed by atoms with Gasteiger partial charge in [-0.3, -0.25) is 9.69 Å². The van der Waals surface area contributed by atoms with Crippen LogP contribution in [-0.2, 0) is 4.79 Å². The summed E-state index contributed by atoms with van der Waals surface area (Å²) < 4.78 is 0. The summed E-state index contributed by atoms with van der Waals surface area (Å²) in [5, 5.41) is 10.3. The van der Waals surface area contributed by atoms with Crippen LogP contribution in [0.2, 0.25) is 0 Å². The number of amides is 1. The van der Waals surface area contributed by atoms with Crippen molar-refractivity contribution in [1.29, 1.82) is 0 Å². The molecule has 2 heterocycles. The quantitative estimate of drug-likeness (QED) is 0.710. The highest BCUT2D eigenvalue weighted by Gasteiger charge is 2.25. The SMILES string of the molecule is CC1CCCN1C(=O)CCN(C)CC(O)CN1CCN(C)CC1. The van der Waals surface area contributed by atoms with Gasteiger partial charge in [0.25, 0.3) is 0 Å². The second-order valence-corrected chi connectivity index (χ2v) is 7.35. The zero-order valence-electron chi connectivity index (χ0n) is 15.1. The van der Waals surface area contributed by atoms with Gasteiger partial charge >= 0.3 is 0 Å². The molecule has 0 aromatic carbocycles. The summed E-state index contributed by atoms with van der Waals surface area (Å²) in [6.45, 7) is 9.35. The van der Waals surface area contributed by atoms with Gasteiger partial charge in [0.2, 0.25) is 5.91 Å². The van der Waals surface area contributed by atoms with Crippen molar-refractivity contribution in [1.82, 2.24) is 19.6 Å². The highest BCUT2D eigenvalue weighted by molar-refractivity contribution is 5.76.